The van der Waals surface area contributed by atoms with Crippen molar-refractivity contribution in [2.75, 3.05) is 12.0 Å². The third-order valence-electron chi connectivity index (χ3n) is 4.97. The summed E-state index contributed by atoms with van der Waals surface area (Å²) in [5.74, 6) is 0.492. The molecule has 0 aromatic heterocycles. The summed E-state index contributed by atoms with van der Waals surface area (Å²) in [4.78, 5) is 26.9. The number of methoxy groups -OCH3 is 1. The number of amides is 2. The molecule has 0 aliphatic carbocycles. The minimum Gasteiger partial charge on any atom is -0.493 e. The number of carbonyl (C=O) groups excluding carboxylic acids is 2. The van der Waals surface area contributed by atoms with Crippen molar-refractivity contribution in [1.82, 2.24) is 0 Å². The van der Waals surface area contributed by atoms with Crippen LogP contribution in [-0.2, 0) is 11.4 Å². The predicted molar refractivity (Wildman–Crippen MR) is 136 cm³/mol. The van der Waals surface area contributed by atoms with Gasteiger partial charge in [0.1, 0.15) is 6.61 Å². The van der Waals surface area contributed by atoms with Crippen LogP contribution in [0.5, 0.6) is 11.5 Å². The number of thioether (sulfide) groups is 1. The van der Waals surface area contributed by atoms with E-state index in [0.717, 1.165) is 22.2 Å². The molecule has 34 heavy (non-hydrogen) atoms. The van der Waals surface area contributed by atoms with Crippen LogP contribution in [0.25, 0.3) is 6.08 Å². The summed E-state index contributed by atoms with van der Waals surface area (Å²) in [5.41, 5.74) is 2.38. The molecule has 2 amide bonds. The van der Waals surface area contributed by atoms with Crippen LogP contribution in [0.4, 0.5) is 10.5 Å². The first-order valence-corrected chi connectivity index (χ1v) is 11.9. The molecule has 4 rings (SSSR count). The summed E-state index contributed by atoms with van der Waals surface area (Å²) in [6.07, 6.45) is 1.63. The molecule has 1 fully saturated rings. The van der Waals surface area contributed by atoms with E-state index in [1.807, 2.05) is 12.1 Å². The van der Waals surface area contributed by atoms with Gasteiger partial charge in [-0.25, -0.2) is 4.90 Å². The topological polar surface area (TPSA) is 79.6 Å². The summed E-state index contributed by atoms with van der Waals surface area (Å²) < 4.78 is 12.0. The second-order valence-corrected chi connectivity index (χ2v) is 9.36. The lowest BCUT2D eigenvalue weighted by molar-refractivity contribution is -0.113. The van der Waals surface area contributed by atoms with Gasteiger partial charge in [0.15, 0.2) is 11.5 Å². The third-order valence-corrected chi connectivity index (χ3v) is 6.78. The van der Waals surface area contributed by atoms with E-state index < -0.39 is 11.1 Å². The smallest absolute Gasteiger partial charge is 0.298 e. The molecule has 0 radical (unpaired) electrons. The van der Waals surface area contributed by atoms with Gasteiger partial charge in [0.2, 0.25) is 0 Å². The number of hydrogen-bond acceptors (Lipinski definition) is 6. The van der Waals surface area contributed by atoms with Gasteiger partial charge in [-0.15, -0.1) is 0 Å². The van der Waals surface area contributed by atoms with Gasteiger partial charge in [-0.05, 0) is 65.9 Å². The highest BCUT2D eigenvalue weighted by molar-refractivity contribution is 9.10. The minimum absolute atomic E-state index is 0.186. The Labute approximate surface area is 213 Å². The third kappa shape index (κ3) is 4.97. The first-order valence-electron chi connectivity index (χ1n) is 9.93. The molecule has 1 saturated heterocycles. The van der Waals surface area contributed by atoms with Gasteiger partial charge in [0, 0.05) is 15.1 Å². The summed E-state index contributed by atoms with van der Waals surface area (Å²) >= 11 is 10.3. The fourth-order valence-electron chi connectivity index (χ4n) is 3.27. The largest absolute Gasteiger partial charge is 0.493 e. The number of hydrogen-bond donors (Lipinski definition) is 0. The second-order valence-electron chi connectivity index (χ2n) is 7.08. The predicted octanol–water partition coefficient (Wildman–Crippen LogP) is 6.80. The molecule has 0 N–H and O–H groups in total. The average Bonchev–Trinajstić information content (AvgIpc) is 3.12. The zero-order chi connectivity index (χ0) is 24.2. The zero-order valence-electron chi connectivity index (χ0n) is 17.7. The highest BCUT2D eigenvalue weighted by atomic mass is 79.9. The molecule has 0 spiro atoms. The van der Waals surface area contributed by atoms with Crippen molar-refractivity contribution in [3.63, 3.8) is 0 Å². The molecule has 9 heteroatoms. The number of imide groups is 1. The van der Waals surface area contributed by atoms with E-state index in [4.69, 9.17) is 21.1 Å². The molecular formula is C25H16BrClN2O4S. The van der Waals surface area contributed by atoms with Crippen molar-refractivity contribution in [1.29, 1.82) is 5.26 Å². The van der Waals surface area contributed by atoms with Gasteiger partial charge in [-0.3, -0.25) is 9.59 Å². The van der Waals surface area contributed by atoms with Crippen LogP contribution >= 0.6 is 39.3 Å². The molecule has 0 unspecified atom stereocenters. The van der Waals surface area contributed by atoms with Crippen LogP contribution < -0.4 is 14.4 Å². The van der Waals surface area contributed by atoms with E-state index in [0.29, 0.717) is 37.8 Å². The highest BCUT2D eigenvalue weighted by Gasteiger charge is 2.36. The molecule has 3 aromatic rings. The number of nitrogens with zero attached hydrogens (tertiary/aromatic N) is 2. The maximum Gasteiger partial charge on any atom is 0.298 e. The molecule has 3 aromatic carbocycles. The number of nitriles is 1. The number of benzene rings is 3. The molecule has 1 heterocycles. The standard InChI is InChI=1S/C25H16BrClN2O4S/c1-32-21-10-17(20(26)12-22(21)33-14-16-5-3-2-4-15(16)13-28)11-23-24(30)29(25(31)34-23)19-8-6-18(27)7-9-19/h2-12H,14H2,1H3/b23-11+. The van der Waals surface area contributed by atoms with Crippen molar-refractivity contribution in [3.05, 3.63) is 91.8 Å². The Hall–Kier alpha value is -3.25. The van der Waals surface area contributed by atoms with Crippen molar-refractivity contribution >= 4 is 62.2 Å². The first kappa shape index (κ1) is 23.9. The van der Waals surface area contributed by atoms with Gasteiger partial charge in [-0.2, -0.15) is 5.26 Å². The van der Waals surface area contributed by atoms with Crippen molar-refractivity contribution in [2.45, 2.75) is 6.61 Å². The van der Waals surface area contributed by atoms with Crippen LogP contribution in [0.3, 0.4) is 0 Å². The molecule has 6 nitrogen and oxygen atoms in total. The van der Waals surface area contributed by atoms with Gasteiger partial charge in [0.05, 0.1) is 29.3 Å². The number of carbonyl (C=O) groups is 2. The Balaban J connectivity index is 1.59. The fraction of sp³-hybridized carbons (Fsp3) is 0.0800. The Morgan fingerprint density at radius 1 is 1.12 bits per heavy atom. The summed E-state index contributed by atoms with van der Waals surface area (Å²) in [6.45, 7) is 0.186. The molecule has 0 atom stereocenters. The Morgan fingerprint density at radius 3 is 2.56 bits per heavy atom. The van der Waals surface area contributed by atoms with Gasteiger partial charge < -0.3 is 9.47 Å². The van der Waals surface area contributed by atoms with Crippen molar-refractivity contribution in [2.24, 2.45) is 0 Å². The highest BCUT2D eigenvalue weighted by Crippen LogP contribution is 2.39. The first-order chi connectivity index (χ1) is 16.4. The summed E-state index contributed by atoms with van der Waals surface area (Å²) in [6, 6.07) is 19.3. The Bertz CT molecular complexity index is 1350. The number of halogens is 2. The monoisotopic (exact) mass is 554 g/mol. The fourth-order valence-corrected chi connectivity index (χ4v) is 4.66. The van der Waals surface area contributed by atoms with E-state index in [1.165, 1.54) is 7.11 Å². The van der Waals surface area contributed by atoms with Crippen LogP contribution in [-0.4, -0.2) is 18.3 Å². The van der Waals surface area contributed by atoms with Crippen LogP contribution in [0.1, 0.15) is 16.7 Å². The van der Waals surface area contributed by atoms with Crippen molar-refractivity contribution < 1.29 is 19.1 Å². The summed E-state index contributed by atoms with van der Waals surface area (Å²) in [5, 5.41) is 9.39. The zero-order valence-corrected chi connectivity index (χ0v) is 20.9. The Kier molecular flexibility index (Phi) is 7.27. The number of rotatable bonds is 6. The van der Waals surface area contributed by atoms with Gasteiger partial charge in [0.25, 0.3) is 11.1 Å². The molecule has 0 bridgehead atoms. The minimum atomic E-state index is -0.420. The Morgan fingerprint density at radius 2 is 1.85 bits per heavy atom. The SMILES string of the molecule is COc1cc(/C=C2/SC(=O)N(c3ccc(Cl)cc3)C2=O)c(Br)cc1OCc1ccccc1C#N. The molecule has 1 aliphatic rings. The maximum atomic E-state index is 12.9. The van der Waals surface area contributed by atoms with Crippen molar-refractivity contribution in [3.8, 4) is 17.6 Å². The lowest BCUT2D eigenvalue weighted by Crippen LogP contribution is -2.27. The average molecular weight is 556 g/mol. The molecular weight excluding hydrogens is 540 g/mol. The van der Waals surface area contributed by atoms with E-state index in [-0.39, 0.29) is 11.5 Å². The molecule has 170 valence electrons. The number of anilines is 1. The van der Waals surface area contributed by atoms with Crippen LogP contribution in [0.2, 0.25) is 5.02 Å². The lowest BCUT2D eigenvalue weighted by Gasteiger charge is -2.14. The van der Waals surface area contributed by atoms with Crippen LogP contribution in [0, 0.1) is 11.3 Å². The van der Waals surface area contributed by atoms with E-state index >= 15 is 0 Å². The van der Waals surface area contributed by atoms with E-state index in [2.05, 4.69) is 22.0 Å². The normalized spacial score (nSPS) is 14.4. The van der Waals surface area contributed by atoms with E-state index in [9.17, 15) is 14.9 Å². The number of ether oxygens (including phenoxy) is 2. The summed E-state index contributed by atoms with van der Waals surface area (Å²) in [7, 11) is 1.51. The lowest BCUT2D eigenvalue weighted by atomic mass is 10.1. The second kappa shape index (κ2) is 10.3. The van der Waals surface area contributed by atoms with Crippen LogP contribution in [0.15, 0.2) is 70.0 Å². The van der Waals surface area contributed by atoms with Gasteiger partial charge in [-0.1, -0.05) is 45.7 Å². The van der Waals surface area contributed by atoms with Gasteiger partial charge >= 0.3 is 0 Å². The molecule has 1 aliphatic heterocycles. The quantitative estimate of drug-likeness (QED) is 0.311. The van der Waals surface area contributed by atoms with E-state index in [1.54, 1.807) is 54.6 Å². The molecule has 0 saturated carbocycles. The maximum absolute atomic E-state index is 12.9.